The molecule has 3 aromatic heterocycles. The number of aromatic nitrogens is 2. The summed E-state index contributed by atoms with van der Waals surface area (Å²) in [5, 5.41) is 2.04. The summed E-state index contributed by atoms with van der Waals surface area (Å²) in [5.74, 6) is 0.832. The van der Waals surface area contributed by atoms with Gasteiger partial charge < -0.3 is 9.40 Å². The minimum Gasteiger partial charge on any atom is -0.495 e. The molecular weight excluding hydrogens is 709 g/mol. The Morgan fingerprint density at radius 2 is 1.44 bits per heavy atom. The number of pyridine rings is 2. The molecule has 215 valence electrons. The van der Waals surface area contributed by atoms with E-state index in [1.807, 2.05) is 77.5 Å². The molecule has 1 radical (unpaired) electrons. The average molecular weight is 741 g/mol. The fourth-order valence-corrected chi connectivity index (χ4v) is 5.17. The van der Waals surface area contributed by atoms with Gasteiger partial charge in [-0.25, -0.2) is 4.98 Å². The van der Waals surface area contributed by atoms with Crippen LogP contribution in [0.4, 0.5) is 11.4 Å². The first kappa shape index (κ1) is 30.0. The maximum Gasteiger partial charge on any atom is 0.500 e. The first-order valence-corrected chi connectivity index (χ1v) is 14.2. The summed E-state index contributed by atoms with van der Waals surface area (Å²) in [4.78, 5) is 8.58. The Morgan fingerprint density at radius 3 is 2.14 bits per heavy atom. The summed E-state index contributed by atoms with van der Waals surface area (Å²) in [6.07, 6.45) is 7.60. The summed E-state index contributed by atoms with van der Waals surface area (Å²) in [6, 6.07) is 38.1. The van der Waals surface area contributed by atoms with E-state index >= 15 is 0 Å². The number of nitrogens with zero attached hydrogens (tertiary/aromatic N) is 4. The van der Waals surface area contributed by atoms with E-state index < -0.39 is 0 Å². The fourth-order valence-electron chi connectivity index (χ4n) is 5.17. The number of furan rings is 1. The van der Waals surface area contributed by atoms with Crippen LogP contribution in [0.1, 0.15) is 50.7 Å². The smallest absolute Gasteiger partial charge is 0.495 e. The predicted octanol–water partition coefficient (Wildman–Crippen LogP) is 9.22. The average Bonchev–Trinajstić information content (AvgIpc) is 3.67. The van der Waals surface area contributed by atoms with Crippen molar-refractivity contribution < 1.29 is 33.7 Å². The molecule has 1 aliphatic rings. The van der Waals surface area contributed by atoms with E-state index in [1.54, 1.807) is 12.4 Å². The second kappa shape index (κ2) is 13.2. The molecule has 0 atom stereocenters. The SMILES string of the molecule is CC(C)c1cccc(C(C)C)c1[N+]1=C=[N+](c2[c-]ccc3c2oc2ncccc23)C=C1.[Ir].[c-]1ccccc1-c1ccccn1. The van der Waals surface area contributed by atoms with Crippen molar-refractivity contribution in [2.75, 3.05) is 0 Å². The standard InChI is InChI=1S/C26H24N3O.C11H8N.Ir/c1-17(2)19-8-5-9-20(18(3)4)24(19)29-15-14-28(16-29)23-12-6-10-21-22-11-7-13-27-26(22)30-25(21)23;1-2-6-10(7-3-1)11-8-4-5-9-12-11;/h5-11,13-15,17-18H,1-4H3;1-6,8-9H;/q+1;-1;. The molecule has 0 saturated carbocycles. The van der Waals surface area contributed by atoms with Crippen LogP contribution < -0.4 is 0 Å². The van der Waals surface area contributed by atoms with Crippen molar-refractivity contribution in [2.45, 2.75) is 39.5 Å². The maximum atomic E-state index is 6.08. The molecule has 43 heavy (non-hydrogen) atoms. The van der Waals surface area contributed by atoms with Gasteiger partial charge in [0.1, 0.15) is 0 Å². The third-order valence-corrected chi connectivity index (χ3v) is 7.24. The fraction of sp³-hybridized carbons (Fsp3) is 0.162. The summed E-state index contributed by atoms with van der Waals surface area (Å²) in [6.45, 7) is 8.93. The van der Waals surface area contributed by atoms with Crippen molar-refractivity contribution in [1.82, 2.24) is 9.97 Å². The van der Waals surface area contributed by atoms with Crippen molar-refractivity contribution >= 4 is 39.5 Å². The maximum absolute atomic E-state index is 6.08. The number of benzene rings is 3. The zero-order valence-corrected chi connectivity index (χ0v) is 27.0. The molecule has 4 heterocycles. The van der Waals surface area contributed by atoms with Crippen molar-refractivity contribution in [3.05, 3.63) is 133 Å². The minimum atomic E-state index is 0. The molecule has 0 unspecified atom stereocenters. The molecule has 7 rings (SSSR count). The zero-order chi connectivity index (χ0) is 29.1. The Labute approximate surface area is 265 Å². The molecular formula is C37H32IrN4O. The van der Waals surface area contributed by atoms with Gasteiger partial charge in [0.2, 0.25) is 11.4 Å². The summed E-state index contributed by atoms with van der Waals surface area (Å²) in [5.41, 5.74) is 8.09. The van der Waals surface area contributed by atoms with Crippen molar-refractivity contribution in [2.24, 2.45) is 0 Å². The Bertz CT molecular complexity index is 1900. The zero-order valence-electron chi connectivity index (χ0n) is 24.6. The Morgan fingerprint density at radius 1 is 0.698 bits per heavy atom. The van der Waals surface area contributed by atoms with Gasteiger partial charge >= 0.3 is 6.01 Å². The third kappa shape index (κ3) is 6.18. The predicted molar refractivity (Wildman–Crippen MR) is 167 cm³/mol. The van der Waals surface area contributed by atoms with Crippen LogP contribution in [0.3, 0.4) is 0 Å². The quantitative estimate of drug-likeness (QED) is 0.131. The van der Waals surface area contributed by atoms with Crippen LogP contribution in [0.2, 0.25) is 0 Å². The van der Waals surface area contributed by atoms with E-state index in [1.165, 1.54) is 16.8 Å². The van der Waals surface area contributed by atoms with Gasteiger partial charge in [0, 0.05) is 49.0 Å². The van der Waals surface area contributed by atoms with Crippen molar-refractivity contribution in [1.29, 1.82) is 0 Å². The summed E-state index contributed by atoms with van der Waals surface area (Å²) in [7, 11) is 0. The van der Waals surface area contributed by atoms with E-state index in [-0.39, 0.29) is 20.1 Å². The minimum absolute atomic E-state index is 0. The number of hydrogen-bond donors (Lipinski definition) is 0. The normalized spacial score (nSPS) is 12.2. The van der Waals surface area contributed by atoms with Crippen LogP contribution >= 0.6 is 0 Å². The van der Waals surface area contributed by atoms with Crippen LogP contribution in [0, 0.1) is 12.1 Å². The molecule has 3 aromatic carbocycles. The van der Waals surface area contributed by atoms with Gasteiger partial charge in [-0.15, -0.1) is 42.0 Å². The molecule has 6 aromatic rings. The van der Waals surface area contributed by atoms with E-state index in [0.717, 1.165) is 33.3 Å². The van der Waals surface area contributed by atoms with Gasteiger partial charge in [0.15, 0.2) is 5.69 Å². The molecule has 0 N–H and O–H groups in total. The van der Waals surface area contributed by atoms with Gasteiger partial charge in [-0.1, -0.05) is 72.6 Å². The van der Waals surface area contributed by atoms with Crippen LogP contribution in [0.15, 0.2) is 114 Å². The molecule has 0 bridgehead atoms. The first-order valence-electron chi connectivity index (χ1n) is 14.2. The van der Waals surface area contributed by atoms with Gasteiger partial charge in [0.25, 0.3) is 12.4 Å². The molecule has 1 aliphatic heterocycles. The van der Waals surface area contributed by atoms with E-state index in [0.29, 0.717) is 17.5 Å². The first-order chi connectivity index (χ1) is 20.5. The van der Waals surface area contributed by atoms with Crippen LogP contribution in [0.5, 0.6) is 0 Å². The molecule has 0 amide bonds. The van der Waals surface area contributed by atoms with E-state index in [9.17, 15) is 0 Å². The van der Waals surface area contributed by atoms with Gasteiger partial charge in [0.05, 0.1) is 5.58 Å². The number of rotatable bonds is 5. The second-order valence-corrected chi connectivity index (χ2v) is 10.8. The second-order valence-electron chi connectivity index (χ2n) is 10.8. The van der Waals surface area contributed by atoms with Gasteiger partial charge in [-0.2, -0.15) is 12.1 Å². The van der Waals surface area contributed by atoms with Gasteiger partial charge in [-0.3, -0.25) is 0 Å². The van der Waals surface area contributed by atoms with E-state index in [2.05, 4.69) is 84.8 Å². The Hall–Kier alpha value is -4.47. The van der Waals surface area contributed by atoms with Crippen LogP contribution in [0.25, 0.3) is 33.3 Å². The summed E-state index contributed by atoms with van der Waals surface area (Å²) < 4.78 is 10.1. The van der Waals surface area contributed by atoms with E-state index in [4.69, 9.17) is 4.42 Å². The molecule has 0 fully saturated rings. The van der Waals surface area contributed by atoms with Crippen molar-refractivity contribution in [3.8, 4) is 11.3 Å². The molecule has 0 aliphatic carbocycles. The van der Waals surface area contributed by atoms with Gasteiger partial charge in [-0.05, 0) is 35.7 Å². The molecule has 0 spiro atoms. The third-order valence-electron chi connectivity index (χ3n) is 7.24. The number of fused-ring (bicyclic) bond motifs is 3. The number of hydrogen-bond acceptors (Lipinski definition) is 3. The monoisotopic (exact) mass is 741 g/mol. The molecule has 6 heteroatoms. The topological polar surface area (TPSA) is 44.9 Å². The molecule has 0 saturated heterocycles. The molecule has 5 nitrogen and oxygen atoms in total. The van der Waals surface area contributed by atoms with Crippen LogP contribution in [-0.2, 0) is 20.1 Å². The van der Waals surface area contributed by atoms with Crippen molar-refractivity contribution in [3.63, 3.8) is 0 Å². The Balaban J connectivity index is 0.000000238. The number of para-hydroxylation sites is 1. The summed E-state index contributed by atoms with van der Waals surface area (Å²) >= 11 is 0. The largest absolute Gasteiger partial charge is 0.500 e. The van der Waals surface area contributed by atoms with Crippen LogP contribution in [-0.4, -0.2) is 25.1 Å². The Kier molecular flexibility index (Phi) is 9.23.